The van der Waals surface area contributed by atoms with E-state index in [2.05, 4.69) is 0 Å². The first kappa shape index (κ1) is 13.5. The lowest BCUT2D eigenvalue weighted by Gasteiger charge is -2.11. The normalized spacial score (nSPS) is 13.2. The largest absolute Gasteiger partial charge is 0.471 e. The monoisotopic (exact) mass is 245 g/mol. The molecular weight excluding hydrogens is 231 g/mol. The maximum absolute atomic E-state index is 12.0. The summed E-state index contributed by atoms with van der Waals surface area (Å²) in [5.74, 6) is -1.60. The molecule has 0 fully saturated rings. The van der Waals surface area contributed by atoms with Gasteiger partial charge in [0.1, 0.15) is 0 Å². The first-order valence-electron chi connectivity index (χ1n) is 5.32. The second kappa shape index (κ2) is 5.21. The Hall–Kier alpha value is -1.52. The molecule has 1 amide bonds. The zero-order valence-corrected chi connectivity index (χ0v) is 9.64. The summed E-state index contributed by atoms with van der Waals surface area (Å²) in [6.45, 7) is 4.06. The van der Waals surface area contributed by atoms with E-state index >= 15 is 0 Å². The number of hydrogen-bond acceptors (Lipinski definition) is 1. The molecule has 0 aliphatic heterocycles. The second-order valence-corrected chi connectivity index (χ2v) is 3.88. The summed E-state index contributed by atoms with van der Waals surface area (Å²) in [5.41, 5.74) is 1.19. The van der Waals surface area contributed by atoms with Crippen molar-refractivity contribution in [2.75, 3.05) is 5.32 Å². The van der Waals surface area contributed by atoms with Gasteiger partial charge < -0.3 is 5.32 Å². The first-order valence-corrected chi connectivity index (χ1v) is 5.32. The molecule has 0 aliphatic rings. The van der Waals surface area contributed by atoms with Crippen molar-refractivity contribution in [3.05, 3.63) is 29.8 Å². The Balaban J connectivity index is 2.72. The molecule has 0 saturated carbocycles. The lowest BCUT2D eigenvalue weighted by atomic mass is 9.99. The molecular formula is C12H14F3NO. The number of anilines is 1. The summed E-state index contributed by atoms with van der Waals surface area (Å²) in [6, 6.07) is 6.40. The standard InChI is InChI=1S/C12H14F3NO/c1-3-8(2)9-4-6-10(7-5-9)16-11(17)12(13,14)15/h4-8H,3H2,1-2H3,(H,16,17). The average molecular weight is 245 g/mol. The van der Waals surface area contributed by atoms with Crippen LogP contribution in [0.4, 0.5) is 18.9 Å². The Bertz CT molecular complexity index is 384. The molecule has 0 saturated heterocycles. The number of halogens is 3. The highest BCUT2D eigenvalue weighted by Gasteiger charge is 2.38. The average Bonchev–Trinajstić information content (AvgIpc) is 2.27. The number of rotatable bonds is 3. The SMILES string of the molecule is CCC(C)c1ccc(NC(=O)C(F)(F)F)cc1. The van der Waals surface area contributed by atoms with Crippen molar-refractivity contribution in [3.8, 4) is 0 Å². The molecule has 94 valence electrons. The number of carbonyl (C=O) groups excluding carboxylic acids is 1. The maximum Gasteiger partial charge on any atom is 0.471 e. The van der Waals surface area contributed by atoms with Gasteiger partial charge in [0.2, 0.25) is 0 Å². The predicted molar refractivity (Wildman–Crippen MR) is 59.8 cm³/mol. The van der Waals surface area contributed by atoms with Gasteiger partial charge in [-0.05, 0) is 30.0 Å². The maximum atomic E-state index is 12.0. The number of alkyl halides is 3. The minimum atomic E-state index is -4.85. The van der Waals surface area contributed by atoms with Crippen molar-refractivity contribution < 1.29 is 18.0 Å². The van der Waals surface area contributed by atoms with Crippen LogP contribution in [0.25, 0.3) is 0 Å². The van der Waals surface area contributed by atoms with E-state index in [1.165, 1.54) is 12.1 Å². The zero-order valence-electron chi connectivity index (χ0n) is 9.64. The van der Waals surface area contributed by atoms with E-state index in [0.717, 1.165) is 12.0 Å². The molecule has 5 heteroatoms. The first-order chi connectivity index (χ1) is 7.84. The summed E-state index contributed by atoms with van der Waals surface area (Å²) >= 11 is 0. The van der Waals surface area contributed by atoms with Crippen LogP contribution < -0.4 is 5.32 Å². The highest BCUT2D eigenvalue weighted by Crippen LogP contribution is 2.22. The van der Waals surface area contributed by atoms with Crippen molar-refractivity contribution in [2.45, 2.75) is 32.4 Å². The molecule has 1 atom stereocenters. The number of amides is 1. The molecule has 0 radical (unpaired) electrons. The zero-order chi connectivity index (χ0) is 13.1. The molecule has 17 heavy (non-hydrogen) atoms. The van der Waals surface area contributed by atoms with Crippen molar-refractivity contribution in [1.29, 1.82) is 0 Å². The van der Waals surface area contributed by atoms with Crippen molar-refractivity contribution >= 4 is 11.6 Å². The van der Waals surface area contributed by atoms with Gasteiger partial charge in [0, 0.05) is 5.69 Å². The van der Waals surface area contributed by atoms with Gasteiger partial charge >= 0.3 is 12.1 Å². The molecule has 1 aromatic carbocycles. The van der Waals surface area contributed by atoms with E-state index < -0.39 is 12.1 Å². The fourth-order valence-corrected chi connectivity index (χ4v) is 1.33. The summed E-state index contributed by atoms with van der Waals surface area (Å²) < 4.78 is 36.0. The Morgan fingerprint density at radius 1 is 1.29 bits per heavy atom. The molecule has 2 nitrogen and oxygen atoms in total. The summed E-state index contributed by atoms with van der Waals surface area (Å²) in [5, 5.41) is 1.80. The van der Waals surface area contributed by atoms with E-state index in [4.69, 9.17) is 0 Å². The van der Waals surface area contributed by atoms with Gasteiger partial charge in [-0.3, -0.25) is 4.79 Å². The van der Waals surface area contributed by atoms with Crippen LogP contribution in [0.1, 0.15) is 31.7 Å². The van der Waals surface area contributed by atoms with Crippen LogP contribution >= 0.6 is 0 Å². The van der Waals surface area contributed by atoms with Crippen molar-refractivity contribution in [2.24, 2.45) is 0 Å². The quantitative estimate of drug-likeness (QED) is 0.864. The smallest absolute Gasteiger partial charge is 0.318 e. The van der Waals surface area contributed by atoms with E-state index in [1.54, 1.807) is 17.4 Å². The molecule has 0 aromatic heterocycles. The van der Waals surface area contributed by atoms with Gasteiger partial charge in [0.05, 0.1) is 0 Å². The third-order valence-electron chi connectivity index (χ3n) is 2.61. The van der Waals surface area contributed by atoms with Gasteiger partial charge in [0.15, 0.2) is 0 Å². The topological polar surface area (TPSA) is 29.1 Å². The fraction of sp³-hybridized carbons (Fsp3) is 0.417. The highest BCUT2D eigenvalue weighted by atomic mass is 19.4. The second-order valence-electron chi connectivity index (χ2n) is 3.88. The van der Waals surface area contributed by atoms with Crippen LogP contribution in [0.3, 0.4) is 0 Å². The van der Waals surface area contributed by atoms with E-state index in [0.29, 0.717) is 5.92 Å². The summed E-state index contributed by atoms with van der Waals surface area (Å²) in [4.78, 5) is 10.7. The number of benzene rings is 1. The van der Waals surface area contributed by atoms with Gasteiger partial charge in [-0.15, -0.1) is 0 Å². The Morgan fingerprint density at radius 3 is 2.24 bits per heavy atom. The Morgan fingerprint density at radius 2 is 1.82 bits per heavy atom. The van der Waals surface area contributed by atoms with Gasteiger partial charge in [-0.2, -0.15) is 13.2 Å². The molecule has 0 heterocycles. The molecule has 1 rings (SSSR count). The molecule has 1 unspecified atom stereocenters. The van der Waals surface area contributed by atoms with E-state index in [9.17, 15) is 18.0 Å². The van der Waals surface area contributed by atoms with Crippen LogP contribution in [0, 0.1) is 0 Å². The molecule has 0 bridgehead atoms. The lowest BCUT2D eigenvalue weighted by Crippen LogP contribution is -2.29. The van der Waals surface area contributed by atoms with Crippen LogP contribution in [0.2, 0.25) is 0 Å². The van der Waals surface area contributed by atoms with Crippen LogP contribution in [0.15, 0.2) is 24.3 Å². The summed E-state index contributed by atoms with van der Waals surface area (Å²) in [7, 11) is 0. The predicted octanol–water partition coefficient (Wildman–Crippen LogP) is 3.70. The van der Waals surface area contributed by atoms with Crippen molar-refractivity contribution in [1.82, 2.24) is 0 Å². The number of hydrogen-bond donors (Lipinski definition) is 1. The number of carbonyl (C=O) groups is 1. The Kier molecular flexibility index (Phi) is 4.15. The lowest BCUT2D eigenvalue weighted by molar-refractivity contribution is -0.167. The molecule has 1 aromatic rings. The van der Waals surface area contributed by atoms with Gasteiger partial charge in [0.25, 0.3) is 0 Å². The molecule has 1 N–H and O–H groups in total. The Labute approximate surface area is 97.8 Å². The third-order valence-corrected chi connectivity index (χ3v) is 2.61. The van der Waals surface area contributed by atoms with Crippen LogP contribution in [-0.4, -0.2) is 12.1 Å². The molecule has 0 aliphatic carbocycles. The van der Waals surface area contributed by atoms with E-state index in [1.807, 2.05) is 13.8 Å². The molecule has 0 spiro atoms. The summed E-state index contributed by atoms with van der Waals surface area (Å²) in [6.07, 6.45) is -3.90. The number of nitrogens with one attached hydrogen (secondary N) is 1. The third kappa shape index (κ3) is 3.76. The van der Waals surface area contributed by atoms with Crippen LogP contribution in [-0.2, 0) is 4.79 Å². The minimum absolute atomic E-state index is 0.152. The van der Waals surface area contributed by atoms with E-state index in [-0.39, 0.29) is 5.69 Å². The van der Waals surface area contributed by atoms with Gasteiger partial charge in [-0.25, -0.2) is 0 Å². The van der Waals surface area contributed by atoms with Gasteiger partial charge in [-0.1, -0.05) is 26.0 Å². The highest BCUT2D eigenvalue weighted by molar-refractivity contribution is 5.94. The fourth-order valence-electron chi connectivity index (χ4n) is 1.33. The van der Waals surface area contributed by atoms with Crippen molar-refractivity contribution in [3.63, 3.8) is 0 Å². The minimum Gasteiger partial charge on any atom is -0.318 e. The van der Waals surface area contributed by atoms with Crippen LogP contribution in [0.5, 0.6) is 0 Å².